The summed E-state index contributed by atoms with van der Waals surface area (Å²) < 4.78 is 0. The number of urea groups is 1. The number of hydrogen-bond acceptors (Lipinski definition) is 4. The molecule has 6 N–H and O–H groups in total. The van der Waals surface area contributed by atoms with Crippen LogP contribution in [0.5, 0.6) is 0 Å². The Kier molecular flexibility index (Phi) is 7.87. The third kappa shape index (κ3) is 7.21. The van der Waals surface area contributed by atoms with E-state index < -0.39 is 11.9 Å². The van der Waals surface area contributed by atoms with Crippen molar-refractivity contribution in [3.05, 3.63) is 24.3 Å². The highest BCUT2D eigenvalue weighted by Crippen LogP contribution is 2.20. The van der Waals surface area contributed by atoms with Crippen LogP contribution in [0.4, 0.5) is 16.2 Å². The van der Waals surface area contributed by atoms with E-state index in [9.17, 15) is 14.4 Å². The van der Waals surface area contributed by atoms with Gasteiger partial charge in [0.25, 0.3) is 0 Å². The topological polar surface area (TPSA) is 125 Å². The Morgan fingerprint density at radius 1 is 1.00 bits per heavy atom. The molecule has 0 radical (unpaired) electrons. The minimum absolute atomic E-state index is 0.0119. The maximum atomic E-state index is 12.0. The fourth-order valence-electron chi connectivity index (χ4n) is 1.90. The van der Waals surface area contributed by atoms with Crippen molar-refractivity contribution >= 4 is 29.2 Å². The highest BCUT2D eigenvalue weighted by Gasteiger charge is 2.18. The number of amides is 4. The summed E-state index contributed by atoms with van der Waals surface area (Å²) in [5.74, 6) is -0.817. The van der Waals surface area contributed by atoms with E-state index in [-0.39, 0.29) is 30.4 Å². The van der Waals surface area contributed by atoms with E-state index in [2.05, 4.69) is 21.3 Å². The normalized spacial score (nSPS) is 11.8. The van der Waals surface area contributed by atoms with Crippen molar-refractivity contribution in [3.8, 4) is 0 Å². The molecule has 0 saturated heterocycles. The number of benzene rings is 1. The molecule has 4 amide bonds. The largest absolute Gasteiger partial charge is 0.346 e. The molecule has 1 atom stereocenters. The van der Waals surface area contributed by atoms with E-state index in [4.69, 9.17) is 5.73 Å². The van der Waals surface area contributed by atoms with Crippen molar-refractivity contribution in [1.29, 1.82) is 0 Å². The van der Waals surface area contributed by atoms with Gasteiger partial charge in [0, 0.05) is 6.04 Å². The third-order valence-electron chi connectivity index (χ3n) is 3.31. The Morgan fingerprint density at radius 2 is 1.56 bits per heavy atom. The van der Waals surface area contributed by atoms with Gasteiger partial charge in [0.1, 0.15) is 0 Å². The molecule has 0 unspecified atom stereocenters. The number of nitrogens with two attached hydrogens (primary N) is 1. The standard InChI is InChI=1S/C17H27N5O3/c1-10(2)15(18)16(24)19-9-14(23)21-12-7-5-6-8-13(12)22-17(25)20-11(3)4/h5-8,10-11,15H,9,18H2,1-4H3,(H,19,24)(H,21,23)(H2,20,22,25)/t15-/m0/s1. The first kappa shape index (κ1) is 20.4. The second-order valence-corrected chi connectivity index (χ2v) is 6.33. The summed E-state index contributed by atoms with van der Waals surface area (Å²) in [6.45, 7) is 7.14. The molecule has 0 bridgehead atoms. The van der Waals surface area contributed by atoms with E-state index in [0.29, 0.717) is 11.4 Å². The van der Waals surface area contributed by atoms with E-state index in [1.807, 2.05) is 27.7 Å². The van der Waals surface area contributed by atoms with Crippen molar-refractivity contribution in [2.24, 2.45) is 11.7 Å². The molecule has 0 aliphatic rings. The third-order valence-corrected chi connectivity index (χ3v) is 3.31. The number of carbonyl (C=O) groups is 3. The van der Waals surface area contributed by atoms with Crippen LogP contribution in [-0.4, -0.2) is 36.5 Å². The van der Waals surface area contributed by atoms with Gasteiger partial charge in [-0.15, -0.1) is 0 Å². The van der Waals surface area contributed by atoms with Crippen molar-refractivity contribution in [2.75, 3.05) is 17.2 Å². The Balaban J connectivity index is 2.63. The summed E-state index contributed by atoms with van der Waals surface area (Å²) in [6, 6.07) is 5.75. The minimum atomic E-state index is -0.665. The van der Waals surface area contributed by atoms with Crippen molar-refractivity contribution in [2.45, 2.75) is 39.8 Å². The van der Waals surface area contributed by atoms with Crippen molar-refractivity contribution in [3.63, 3.8) is 0 Å². The quantitative estimate of drug-likeness (QED) is 0.508. The van der Waals surface area contributed by atoms with Crippen LogP contribution in [0.3, 0.4) is 0 Å². The van der Waals surface area contributed by atoms with Crippen LogP contribution in [0.1, 0.15) is 27.7 Å². The average molecular weight is 349 g/mol. The molecule has 8 nitrogen and oxygen atoms in total. The van der Waals surface area contributed by atoms with Crippen LogP contribution in [0.15, 0.2) is 24.3 Å². The van der Waals surface area contributed by atoms with Gasteiger partial charge in [-0.3, -0.25) is 9.59 Å². The molecule has 0 aliphatic heterocycles. The number of nitrogens with one attached hydrogen (secondary N) is 4. The van der Waals surface area contributed by atoms with Gasteiger partial charge in [-0.25, -0.2) is 4.79 Å². The number of carbonyl (C=O) groups excluding carboxylic acids is 3. The summed E-state index contributed by atoms with van der Waals surface area (Å²) >= 11 is 0. The van der Waals surface area contributed by atoms with E-state index in [1.54, 1.807) is 24.3 Å². The number of rotatable bonds is 7. The number of hydrogen-bond donors (Lipinski definition) is 5. The molecule has 1 aromatic rings. The maximum absolute atomic E-state index is 12.0. The average Bonchev–Trinajstić information content (AvgIpc) is 2.52. The van der Waals surface area contributed by atoms with Gasteiger partial charge in [-0.05, 0) is 31.9 Å². The zero-order chi connectivity index (χ0) is 19.0. The molecular formula is C17H27N5O3. The molecule has 25 heavy (non-hydrogen) atoms. The lowest BCUT2D eigenvalue weighted by Gasteiger charge is -2.16. The number of para-hydroxylation sites is 2. The highest BCUT2D eigenvalue weighted by atomic mass is 16.2. The molecule has 0 saturated carbocycles. The van der Waals surface area contributed by atoms with Gasteiger partial charge >= 0.3 is 6.03 Å². The van der Waals surface area contributed by atoms with Crippen LogP contribution in [0.25, 0.3) is 0 Å². The SMILES string of the molecule is CC(C)NC(=O)Nc1ccccc1NC(=O)CNC(=O)[C@@H](N)C(C)C. The van der Waals surface area contributed by atoms with Crippen molar-refractivity contribution in [1.82, 2.24) is 10.6 Å². The monoisotopic (exact) mass is 349 g/mol. The Labute approximate surface area is 147 Å². The van der Waals surface area contributed by atoms with Crippen LogP contribution < -0.4 is 27.0 Å². The smallest absolute Gasteiger partial charge is 0.319 e. The molecule has 0 fully saturated rings. The zero-order valence-electron chi connectivity index (χ0n) is 15.1. The Bertz CT molecular complexity index is 616. The molecule has 1 rings (SSSR count). The Morgan fingerprint density at radius 3 is 2.08 bits per heavy atom. The molecule has 0 aliphatic carbocycles. The predicted molar refractivity (Wildman–Crippen MR) is 98.2 cm³/mol. The van der Waals surface area contributed by atoms with Gasteiger partial charge in [0.15, 0.2) is 0 Å². The lowest BCUT2D eigenvalue weighted by molar-refractivity contribution is -0.125. The van der Waals surface area contributed by atoms with Crippen molar-refractivity contribution < 1.29 is 14.4 Å². The maximum Gasteiger partial charge on any atom is 0.319 e. The number of anilines is 2. The van der Waals surface area contributed by atoms with Gasteiger partial charge in [-0.2, -0.15) is 0 Å². The summed E-state index contributed by atoms with van der Waals surface area (Å²) in [7, 11) is 0. The molecular weight excluding hydrogens is 322 g/mol. The first-order valence-electron chi connectivity index (χ1n) is 8.20. The lowest BCUT2D eigenvalue weighted by atomic mass is 10.1. The first-order chi connectivity index (χ1) is 11.7. The van der Waals surface area contributed by atoms with Gasteiger partial charge in [0.05, 0.1) is 24.0 Å². The fraction of sp³-hybridized carbons (Fsp3) is 0.471. The second-order valence-electron chi connectivity index (χ2n) is 6.33. The van der Waals surface area contributed by atoms with Crippen LogP contribution in [-0.2, 0) is 9.59 Å². The highest BCUT2D eigenvalue weighted by molar-refractivity contribution is 6.00. The Hall–Kier alpha value is -2.61. The minimum Gasteiger partial charge on any atom is -0.346 e. The van der Waals surface area contributed by atoms with Crippen LogP contribution >= 0.6 is 0 Å². The molecule has 0 heterocycles. The molecule has 0 spiro atoms. The first-order valence-corrected chi connectivity index (χ1v) is 8.20. The zero-order valence-corrected chi connectivity index (χ0v) is 15.1. The van der Waals surface area contributed by atoms with E-state index in [0.717, 1.165) is 0 Å². The molecule has 1 aromatic carbocycles. The summed E-state index contributed by atoms with van der Waals surface area (Å²) in [4.78, 5) is 35.6. The molecule has 0 aromatic heterocycles. The van der Waals surface area contributed by atoms with E-state index in [1.165, 1.54) is 0 Å². The summed E-state index contributed by atoms with van der Waals surface area (Å²) in [5.41, 5.74) is 6.62. The van der Waals surface area contributed by atoms with Gasteiger partial charge < -0.3 is 27.0 Å². The second kappa shape index (κ2) is 9.63. The van der Waals surface area contributed by atoms with Gasteiger partial charge in [0.2, 0.25) is 11.8 Å². The predicted octanol–water partition coefficient (Wildman–Crippen LogP) is 1.25. The van der Waals surface area contributed by atoms with Gasteiger partial charge in [-0.1, -0.05) is 26.0 Å². The van der Waals surface area contributed by atoms with Crippen LogP contribution in [0.2, 0.25) is 0 Å². The molecule has 8 heteroatoms. The lowest BCUT2D eigenvalue weighted by Crippen LogP contribution is -2.46. The van der Waals surface area contributed by atoms with E-state index >= 15 is 0 Å². The summed E-state index contributed by atoms with van der Waals surface area (Å²) in [6.07, 6.45) is 0. The fourth-order valence-corrected chi connectivity index (χ4v) is 1.90. The summed E-state index contributed by atoms with van der Waals surface area (Å²) in [5, 5.41) is 10.5. The van der Waals surface area contributed by atoms with Crippen LogP contribution in [0, 0.1) is 5.92 Å². The molecule has 138 valence electrons.